The predicted molar refractivity (Wildman–Crippen MR) is 82.5 cm³/mol. The van der Waals surface area contributed by atoms with Crippen LogP contribution in [0.1, 0.15) is 34.7 Å². The van der Waals surface area contributed by atoms with Gasteiger partial charge in [-0.3, -0.25) is 0 Å². The molecule has 0 bridgehead atoms. The van der Waals surface area contributed by atoms with E-state index in [0.717, 1.165) is 12.8 Å². The summed E-state index contributed by atoms with van der Waals surface area (Å²) in [5.74, 6) is 0. The van der Waals surface area contributed by atoms with Gasteiger partial charge in [0.25, 0.3) is 0 Å². The smallest absolute Gasteiger partial charge is 0.0323 e. The molecule has 0 fully saturated rings. The first-order chi connectivity index (χ1) is 9.22. The first-order valence-corrected chi connectivity index (χ1v) is 6.99. The van der Waals surface area contributed by atoms with E-state index in [1.54, 1.807) is 0 Å². The van der Waals surface area contributed by atoms with Gasteiger partial charge in [0.05, 0.1) is 0 Å². The van der Waals surface area contributed by atoms with Crippen LogP contribution in [0.3, 0.4) is 0 Å². The van der Waals surface area contributed by atoms with Gasteiger partial charge in [0.2, 0.25) is 0 Å². The molecule has 0 aliphatic rings. The highest BCUT2D eigenvalue weighted by molar-refractivity contribution is 5.35. The molecule has 1 atom stereocenters. The lowest BCUT2D eigenvalue weighted by atomic mass is 9.93. The maximum atomic E-state index is 3.46. The Morgan fingerprint density at radius 1 is 0.947 bits per heavy atom. The first-order valence-electron chi connectivity index (χ1n) is 6.99. The van der Waals surface area contributed by atoms with Gasteiger partial charge in [-0.2, -0.15) is 0 Å². The lowest BCUT2D eigenvalue weighted by Gasteiger charge is -2.20. The Morgan fingerprint density at radius 3 is 2.37 bits per heavy atom. The van der Waals surface area contributed by atoms with Crippen LogP contribution >= 0.6 is 0 Å². The number of nitrogens with one attached hydrogen (secondary N) is 1. The molecule has 0 saturated heterocycles. The minimum Gasteiger partial charge on any atom is -0.313 e. The number of aryl methyl sites for hydroxylation is 2. The predicted octanol–water partition coefficient (Wildman–Crippen LogP) is 4.20. The average molecular weight is 253 g/mol. The normalized spacial score (nSPS) is 12.4. The van der Waals surface area contributed by atoms with E-state index in [1.165, 1.54) is 22.3 Å². The van der Waals surface area contributed by atoms with Gasteiger partial charge in [-0.1, -0.05) is 48.5 Å². The van der Waals surface area contributed by atoms with Crippen LogP contribution < -0.4 is 5.32 Å². The number of rotatable bonds is 5. The Kier molecular flexibility index (Phi) is 4.75. The summed E-state index contributed by atoms with van der Waals surface area (Å²) in [5, 5.41) is 3.46. The Balaban J connectivity index is 2.10. The third-order valence-corrected chi connectivity index (χ3v) is 3.93. The molecule has 0 saturated carbocycles. The zero-order valence-corrected chi connectivity index (χ0v) is 12.1. The van der Waals surface area contributed by atoms with Crippen molar-refractivity contribution in [3.63, 3.8) is 0 Å². The van der Waals surface area contributed by atoms with E-state index in [-0.39, 0.29) is 0 Å². The Morgan fingerprint density at radius 2 is 1.68 bits per heavy atom. The van der Waals surface area contributed by atoms with E-state index in [0.29, 0.717) is 6.04 Å². The van der Waals surface area contributed by atoms with Crippen LogP contribution in [0.2, 0.25) is 0 Å². The van der Waals surface area contributed by atoms with Crippen LogP contribution in [-0.4, -0.2) is 7.05 Å². The molecule has 100 valence electrons. The minimum absolute atomic E-state index is 0.431. The second-order valence-corrected chi connectivity index (χ2v) is 5.15. The molecule has 1 unspecified atom stereocenters. The van der Waals surface area contributed by atoms with Gasteiger partial charge in [-0.15, -0.1) is 0 Å². The maximum Gasteiger partial charge on any atom is 0.0323 e. The quantitative estimate of drug-likeness (QED) is 0.842. The molecular weight excluding hydrogens is 230 g/mol. The van der Waals surface area contributed by atoms with E-state index < -0.39 is 0 Å². The Hall–Kier alpha value is -1.60. The van der Waals surface area contributed by atoms with E-state index in [2.05, 4.69) is 74.7 Å². The lowest BCUT2D eigenvalue weighted by Crippen LogP contribution is -2.18. The van der Waals surface area contributed by atoms with Crippen molar-refractivity contribution in [2.75, 3.05) is 7.05 Å². The van der Waals surface area contributed by atoms with Crippen LogP contribution in [-0.2, 0) is 6.42 Å². The second-order valence-electron chi connectivity index (χ2n) is 5.15. The van der Waals surface area contributed by atoms with E-state index in [1.807, 2.05) is 0 Å². The molecule has 19 heavy (non-hydrogen) atoms. The number of benzene rings is 2. The van der Waals surface area contributed by atoms with Crippen molar-refractivity contribution in [2.45, 2.75) is 32.7 Å². The molecule has 0 amide bonds. The van der Waals surface area contributed by atoms with Gasteiger partial charge in [0.1, 0.15) is 0 Å². The molecule has 2 aromatic rings. The van der Waals surface area contributed by atoms with E-state index in [9.17, 15) is 0 Å². The van der Waals surface area contributed by atoms with Crippen LogP contribution in [0.25, 0.3) is 0 Å². The minimum atomic E-state index is 0.431. The SMILES string of the molecule is CNC(CCc1ccccc1)c1cccc(C)c1C. The van der Waals surface area contributed by atoms with Gasteiger partial charge in [0.15, 0.2) is 0 Å². The summed E-state index contributed by atoms with van der Waals surface area (Å²) in [6.07, 6.45) is 2.24. The molecule has 1 nitrogen and oxygen atoms in total. The van der Waals surface area contributed by atoms with Gasteiger partial charge < -0.3 is 5.32 Å². The summed E-state index contributed by atoms with van der Waals surface area (Å²) in [7, 11) is 2.05. The Labute approximate surface area is 116 Å². The number of hydrogen-bond donors (Lipinski definition) is 1. The molecule has 1 heteroatoms. The van der Waals surface area contributed by atoms with Crippen LogP contribution in [0.15, 0.2) is 48.5 Å². The molecule has 2 rings (SSSR count). The summed E-state index contributed by atoms with van der Waals surface area (Å²) >= 11 is 0. The highest BCUT2D eigenvalue weighted by atomic mass is 14.9. The third kappa shape index (κ3) is 3.45. The standard InChI is InChI=1S/C18H23N/c1-14-8-7-11-17(15(14)2)18(19-3)13-12-16-9-5-4-6-10-16/h4-11,18-19H,12-13H2,1-3H3. The summed E-state index contributed by atoms with van der Waals surface area (Å²) in [5.41, 5.74) is 5.62. The van der Waals surface area contributed by atoms with Gasteiger partial charge in [-0.05, 0) is 56.0 Å². The van der Waals surface area contributed by atoms with Crippen molar-refractivity contribution >= 4 is 0 Å². The zero-order chi connectivity index (χ0) is 13.7. The summed E-state index contributed by atoms with van der Waals surface area (Å²) < 4.78 is 0. The fourth-order valence-corrected chi connectivity index (χ4v) is 2.56. The molecule has 0 aliphatic heterocycles. The molecule has 0 spiro atoms. The third-order valence-electron chi connectivity index (χ3n) is 3.93. The number of hydrogen-bond acceptors (Lipinski definition) is 1. The molecule has 1 N–H and O–H groups in total. The molecule has 0 radical (unpaired) electrons. The van der Waals surface area contributed by atoms with Crippen LogP contribution in [0.4, 0.5) is 0 Å². The van der Waals surface area contributed by atoms with Gasteiger partial charge in [-0.25, -0.2) is 0 Å². The Bertz CT molecular complexity index is 516. The van der Waals surface area contributed by atoms with Gasteiger partial charge in [0, 0.05) is 6.04 Å². The monoisotopic (exact) mass is 253 g/mol. The highest BCUT2D eigenvalue weighted by Crippen LogP contribution is 2.24. The summed E-state index contributed by atoms with van der Waals surface area (Å²) in [6, 6.07) is 17.7. The van der Waals surface area contributed by atoms with Crippen molar-refractivity contribution in [2.24, 2.45) is 0 Å². The van der Waals surface area contributed by atoms with E-state index in [4.69, 9.17) is 0 Å². The van der Waals surface area contributed by atoms with Crippen molar-refractivity contribution in [1.82, 2.24) is 5.32 Å². The lowest BCUT2D eigenvalue weighted by molar-refractivity contribution is 0.546. The van der Waals surface area contributed by atoms with Crippen LogP contribution in [0.5, 0.6) is 0 Å². The molecule has 0 aliphatic carbocycles. The van der Waals surface area contributed by atoms with Gasteiger partial charge >= 0.3 is 0 Å². The van der Waals surface area contributed by atoms with Crippen molar-refractivity contribution in [3.8, 4) is 0 Å². The van der Waals surface area contributed by atoms with Crippen molar-refractivity contribution < 1.29 is 0 Å². The van der Waals surface area contributed by atoms with Crippen molar-refractivity contribution in [3.05, 3.63) is 70.8 Å². The fraction of sp³-hybridized carbons (Fsp3) is 0.333. The van der Waals surface area contributed by atoms with Crippen molar-refractivity contribution in [1.29, 1.82) is 0 Å². The van der Waals surface area contributed by atoms with Crippen LogP contribution in [0, 0.1) is 13.8 Å². The van der Waals surface area contributed by atoms with E-state index >= 15 is 0 Å². The molecule has 2 aromatic carbocycles. The zero-order valence-electron chi connectivity index (χ0n) is 12.1. The first kappa shape index (κ1) is 13.8. The highest BCUT2D eigenvalue weighted by Gasteiger charge is 2.12. The second kappa shape index (κ2) is 6.53. The maximum absolute atomic E-state index is 3.46. The summed E-state index contributed by atoms with van der Waals surface area (Å²) in [4.78, 5) is 0. The average Bonchev–Trinajstić information content (AvgIpc) is 2.45. The molecular formula is C18H23N. The summed E-state index contributed by atoms with van der Waals surface area (Å²) in [6.45, 7) is 4.40. The molecule has 0 heterocycles. The fourth-order valence-electron chi connectivity index (χ4n) is 2.56. The molecule has 0 aromatic heterocycles. The largest absolute Gasteiger partial charge is 0.313 e. The topological polar surface area (TPSA) is 12.0 Å².